The molecule has 0 saturated heterocycles. The van der Waals surface area contributed by atoms with Crippen molar-refractivity contribution in [2.75, 3.05) is 5.32 Å². The maximum absolute atomic E-state index is 5.81. The van der Waals surface area contributed by atoms with Crippen molar-refractivity contribution in [2.45, 2.75) is 13.5 Å². The van der Waals surface area contributed by atoms with E-state index >= 15 is 0 Å². The summed E-state index contributed by atoms with van der Waals surface area (Å²) in [7, 11) is 0. The lowest BCUT2D eigenvalue weighted by molar-refractivity contribution is 0.306. The maximum atomic E-state index is 5.81. The van der Waals surface area contributed by atoms with Crippen molar-refractivity contribution < 1.29 is 4.74 Å². The summed E-state index contributed by atoms with van der Waals surface area (Å²) in [5, 5.41) is 7.65. The summed E-state index contributed by atoms with van der Waals surface area (Å²) in [6.45, 7) is 2.62. The number of aryl methyl sites for hydroxylation is 1. The fourth-order valence-corrected chi connectivity index (χ4v) is 2.52. The van der Waals surface area contributed by atoms with Gasteiger partial charge in [0.15, 0.2) is 5.11 Å². The van der Waals surface area contributed by atoms with Crippen molar-refractivity contribution in [3.8, 4) is 5.75 Å². The molecule has 0 fully saturated rings. The van der Waals surface area contributed by atoms with Gasteiger partial charge in [0.1, 0.15) is 12.4 Å². The van der Waals surface area contributed by atoms with Gasteiger partial charge in [-0.25, -0.2) is 0 Å². The van der Waals surface area contributed by atoms with Crippen molar-refractivity contribution in [3.05, 3.63) is 95.6 Å². The first-order valence-corrected chi connectivity index (χ1v) is 9.03. The molecule has 0 aromatic heterocycles. The predicted molar refractivity (Wildman–Crippen MR) is 115 cm³/mol. The van der Waals surface area contributed by atoms with Crippen LogP contribution in [0.3, 0.4) is 0 Å². The lowest BCUT2D eigenvalue weighted by Crippen LogP contribution is -2.23. The highest BCUT2D eigenvalue weighted by molar-refractivity contribution is 7.80. The van der Waals surface area contributed by atoms with Gasteiger partial charge in [0.2, 0.25) is 0 Å². The van der Waals surface area contributed by atoms with Crippen LogP contribution in [-0.2, 0) is 6.61 Å². The van der Waals surface area contributed by atoms with Gasteiger partial charge in [-0.15, -0.1) is 0 Å². The van der Waals surface area contributed by atoms with Gasteiger partial charge in [0.25, 0.3) is 0 Å². The van der Waals surface area contributed by atoms with E-state index < -0.39 is 0 Å². The summed E-state index contributed by atoms with van der Waals surface area (Å²) in [6, 6.07) is 25.8. The number of thiocarbonyl (C=S) groups is 1. The molecule has 0 aliphatic rings. The molecule has 136 valence electrons. The topological polar surface area (TPSA) is 45.6 Å². The highest BCUT2D eigenvalue weighted by Gasteiger charge is 1.97. The van der Waals surface area contributed by atoms with Crippen molar-refractivity contribution in [3.63, 3.8) is 0 Å². The quantitative estimate of drug-likeness (QED) is 0.366. The van der Waals surface area contributed by atoms with Crippen molar-refractivity contribution >= 4 is 29.2 Å². The van der Waals surface area contributed by atoms with Gasteiger partial charge in [-0.2, -0.15) is 5.10 Å². The second-order valence-corrected chi connectivity index (χ2v) is 6.44. The molecule has 0 radical (unpaired) electrons. The minimum atomic E-state index is 0.440. The molecule has 0 aliphatic carbocycles. The summed E-state index contributed by atoms with van der Waals surface area (Å²) in [5.74, 6) is 0.821. The number of hydrogen-bond donors (Lipinski definition) is 2. The van der Waals surface area contributed by atoms with Crippen LogP contribution >= 0.6 is 12.2 Å². The summed E-state index contributed by atoms with van der Waals surface area (Å²) in [4.78, 5) is 0. The molecule has 3 aromatic rings. The Labute approximate surface area is 164 Å². The molecule has 0 spiro atoms. The van der Waals surface area contributed by atoms with E-state index in [1.165, 1.54) is 5.56 Å². The van der Waals surface area contributed by atoms with Crippen molar-refractivity contribution in [1.29, 1.82) is 0 Å². The van der Waals surface area contributed by atoms with Gasteiger partial charge < -0.3 is 10.1 Å². The Hall–Kier alpha value is -3.18. The average molecular weight is 375 g/mol. The number of nitrogens with zero attached hydrogens (tertiary/aromatic N) is 1. The number of hydrazone groups is 1. The van der Waals surface area contributed by atoms with Gasteiger partial charge in [0.05, 0.1) is 6.21 Å². The SMILES string of the molecule is Cc1ccc(COc2ccc(C=NNC(=S)Nc3ccccc3)cc2)cc1. The first-order valence-electron chi connectivity index (χ1n) is 8.62. The van der Waals surface area contributed by atoms with Crippen LogP contribution in [0.25, 0.3) is 0 Å². The monoisotopic (exact) mass is 375 g/mol. The maximum Gasteiger partial charge on any atom is 0.191 e. The molecule has 0 heterocycles. The molecule has 3 aromatic carbocycles. The van der Waals surface area contributed by atoms with Crippen LogP contribution in [0.2, 0.25) is 0 Å². The Morgan fingerprint density at radius 3 is 2.37 bits per heavy atom. The normalized spacial score (nSPS) is 10.6. The van der Waals surface area contributed by atoms with Gasteiger partial charge in [-0.1, -0.05) is 48.0 Å². The molecular weight excluding hydrogens is 354 g/mol. The number of rotatable bonds is 6. The molecule has 5 heteroatoms. The molecule has 0 aliphatic heterocycles. The third-order valence-electron chi connectivity index (χ3n) is 3.82. The zero-order valence-corrected chi connectivity index (χ0v) is 15.9. The van der Waals surface area contributed by atoms with Crippen LogP contribution in [0.5, 0.6) is 5.75 Å². The zero-order valence-electron chi connectivity index (χ0n) is 15.1. The van der Waals surface area contributed by atoms with E-state index in [1.807, 2.05) is 54.6 Å². The van der Waals surface area contributed by atoms with Crippen LogP contribution < -0.4 is 15.5 Å². The van der Waals surface area contributed by atoms with Gasteiger partial charge in [-0.05, 0) is 66.7 Å². The highest BCUT2D eigenvalue weighted by Crippen LogP contribution is 2.14. The molecule has 0 unspecified atom stereocenters. The smallest absolute Gasteiger partial charge is 0.191 e. The summed E-state index contributed by atoms with van der Waals surface area (Å²) in [6.07, 6.45) is 1.71. The van der Waals surface area contributed by atoms with Gasteiger partial charge in [0, 0.05) is 5.69 Å². The standard InChI is InChI=1S/C22H21N3OS/c1-17-7-9-19(10-8-17)16-26-21-13-11-18(12-14-21)15-23-25-22(27)24-20-5-3-2-4-6-20/h2-15H,16H2,1H3,(H2,24,25,27). The lowest BCUT2D eigenvalue weighted by Gasteiger charge is -2.07. The minimum absolute atomic E-state index is 0.440. The highest BCUT2D eigenvalue weighted by atomic mass is 32.1. The summed E-state index contributed by atoms with van der Waals surface area (Å²) >= 11 is 5.21. The Bertz CT molecular complexity index is 891. The molecular formula is C22H21N3OS. The van der Waals surface area contributed by atoms with Gasteiger partial charge in [-0.3, -0.25) is 5.43 Å². The Balaban J connectivity index is 1.46. The number of anilines is 1. The predicted octanol–water partition coefficient (Wildman–Crippen LogP) is 4.89. The molecule has 27 heavy (non-hydrogen) atoms. The number of hydrogen-bond acceptors (Lipinski definition) is 3. The molecule has 0 bridgehead atoms. The average Bonchev–Trinajstić information content (AvgIpc) is 2.69. The van der Waals surface area contributed by atoms with E-state index in [0.29, 0.717) is 11.7 Å². The van der Waals surface area contributed by atoms with E-state index in [1.54, 1.807) is 6.21 Å². The number of ether oxygens (including phenoxy) is 1. The largest absolute Gasteiger partial charge is 0.489 e. The third-order valence-corrected chi connectivity index (χ3v) is 4.01. The first kappa shape index (κ1) is 18.6. The minimum Gasteiger partial charge on any atom is -0.489 e. The molecule has 0 atom stereocenters. The van der Waals surface area contributed by atoms with Crippen LogP contribution in [0.4, 0.5) is 5.69 Å². The van der Waals surface area contributed by atoms with Crippen LogP contribution in [0.1, 0.15) is 16.7 Å². The van der Waals surface area contributed by atoms with E-state index in [9.17, 15) is 0 Å². The fourth-order valence-electron chi connectivity index (χ4n) is 2.35. The number of para-hydroxylation sites is 1. The fraction of sp³-hybridized carbons (Fsp3) is 0.0909. The molecule has 0 saturated carbocycles. The number of nitrogens with one attached hydrogen (secondary N) is 2. The van der Waals surface area contributed by atoms with E-state index in [2.05, 4.69) is 47.0 Å². The van der Waals surface area contributed by atoms with Crippen LogP contribution in [-0.4, -0.2) is 11.3 Å². The third kappa shape index (κ3) is 6.24. The molecule has 2 N–H and O–H groups in total. The van der Waals surface area contributed by atoms with E-state index in [0.717, 1.165) is 22.6 Å². The Morgan fingerprint density at radius 2 is 1.67 bits per heavy atom. The van der Waals surface area contributed by atoms with Crippen molar-refractivity contribution in [1.82, 2.24) is 5.43 Å². The Morgan fingerprint density at radius 1 is 0.963 bits per heavy atom. The van der Waals surface area contributed by atoms with Gasteiger partial charge >= 0.3 is 0 Å². The Kier molecular flexibility index (Phi) is 6.55. The summed E-state index contributed by atoms with van der Waals surface area (Å²) in [5.41, 5.74) is 7.07. The van der Waals surface area contributed by atoms with Crippen molar-refractivity contribution in [2.24, 2.45) is 5.10 Å². The molecule has 3 rings (SSSR count). The molecule has 0 amide bonds. The summed E-state index contributed by atoms with van der Waals surface area (Å²) < 4.78 is 5.81. The van der Waals surface area contributed by atoms with Crippen LogP contribution in [0, 0.1) is 6.92 Å². The second kappa shape index (κ2) is 9.50. The molecule has 4 nitrogen and oxygen atoms in total. The zero-order chi connectivity index (χ0) is 18.9. The van der Waals surface area contributed by atoms with Crippen LogP contribution in [0.15, 0.2) is 84.0 Å². The number of benzene rings is 3. The van der Waals surface area contributed by atoms with E-state index in [-0.39, 0.29) is 0 Å². The first-order chi connectivity index (χ1) is 13.2. The second-order valence-electron chi connectivity index (χ2n) is 6.03. The van der Waals surface area contributed by atoms with E-state index in [4.69, 9.17) is 17.0 Å². The lowest BCUT2D eigenvalue weighted by atomic mass is 10.2.